The fourth-order valence-electron chi connectivity index (χ4n) is 15.8. The lowest BCUT2D eigenvalue weighted by atomic mass is 9.35. The minimum Gasteiger partial charge on any atom is -0.108 e. The van der Waals surface area contributed by atoms with Gasteiger partial charge in [0.1, 0.15) is 0 Å². The molecular formula is C48H54B48. The van der Waals surface area contributed by atoms with Crippen LogP contribution in [0.1, 0.15) is 20.8 Å². The Morgan fingerprint density at radius 2 is 0.125 bits per heavy atom. The summed E-state index contributed by atoms with van der Waals surface area (Å²) in [7, 11) is 291. The van der Waals surface area contributed by atoms with E-state index in [0.717, 1.165) is 0 Å². The molecule has 0 bridgehead atoms. The summed E-state index contributed by atoms with van der Waals surface area (Å²) in [5.74, 6) is -14.7. The van der Waals surface area contributed by atoms with E-state index in [0.29, 0.717) is 0 Å². The van der Waals surface area contributed by atoms with Gasteiger partial charge in [0.15, 0.2) is 0 Å². The van der Waals surface area contributed by atoms with Crippen molar-refractivity contribution < 1.29 is 0 Å². The normalized spacial score (nSPS) is 13.8. The second-order valence-corrected chi connectivity index (χ2v) is 26.8. The molecule has 96 radical (unpaired) electrons. The Morgan fingerprint density at radius 1 is 0.0833 bits per heavy atom. The predicted molar refractivity (Wildman–Crippen MR) is 457 cm³/mol. The summed E-state index contributed by atoms with van der Waals surface area (Å²) in [6, 6.07) is 0. The quantitative estimate of drug-likeness (QED) is 0.0536. The first-order chi connectivity index (χ1) is 43.4. The Balaban J connectivity index is -0.00000135. The molecule has 0 aliphatic heterocycles. The molecule has 0 rings (SSSR count). The Bertz CT molecular complexity index is 1400. The van der Waals surface area contributed by atoms with Crippen LogP contribution in [0, 0.1) is 124 Å². The summed E-state index contributed by atoms with van der Waals surface area (Å²) < 4.78 is 0. The van der Waals surface area contributed by atoms with Crippen molar-refractivity contribution in [1.29, 1.82) is 0 Å². The molecule has 0 nitrogen and oxygen atoms in total. The van der Waals surface area contributed by atoms with Gasteiger partial charge in [0, 0.05) is 0 Å². The van der Waals surface area contributed by atoms with E-state index in [1.54, 1.807) is 20.8 Å². The van der Waals surface area contributed by atoms with E-state index in [4.69, 9.17) is 377 Å². The number of hydrogen-bond acceptors (Lipinski definition) is 0. The van der Waals surface area contributed by atoms with Crippen molar-refractivity contribution in [3.8, 4) is 0 Å². The fraction of sp³-hybridized carbons (Fsp3) is 1.00. The minimum atomic E-state index is -0.990. The molecule has 0 atom stereocenters. The van der Waals surface area contributed by atoms with Gasteiger partial charge in [-0.1, -0.05) is 91.8 Å². The Hall–Kier alpha value is 3.12. The first kappa shape index (κ1) is 103. The highest BCUT2D eigenvalue weighted by Gasteiger charge is 2.50. The van der Waals surface area contributed by atoms with Crippen LogP contribution in [-0.2, 0) is 0 Å². The fourth-order valence-corrected chi connectivity index (χ4v) is 15.8. The molecular weight excluding hydrogens is 1100 g/mol. The van der Waals surface area contributed by atoms with Gasteiger partial charge in [0.05, 0.1) is 377 Å². The molecule has 0 N–H and O–H groups in total. The third kappa shape index (κ3) is 30.6. The standard InChI is InChI=1S/3C16H18B16/c3*1-2(3(5(9(17)18)10(19)20)6(11(21)22)12(23)24)4(7(13(25)26)14(27)28)8(15(29)30)16(31)32/h3*2-16H,1H3. The summed E-state index contributed by atoms with van der Waals surface area (Å²) >= 11 is 0. The number of rotatable bonds is 42. The Labute approximate surface area is 653 Å². The summed E-state index contributed by atoms with van der Waals surface area (Å²) in [6.07, 6.45) is 0. The zero-order valence-electron chi connectivity index (χ0n) is 56.7. The van der Waals surface area contributed by atoms with Crippen LogP contribution in [0.4, 0.5) is 0 Å². The Kier molecular flexibility index (Phi) is 52.2. The highest BCUT2D eigenvalue weighted by Crippen LogP contribution is 2.58. The zero-order chi connectivity index (χ0) is 77.0. The highest BCUT2D eigenvalue weighted by molar-refractivity contribution is 6.48. The lowest BCUT2D eigenvalue weighted by molar-refractivity contribution is 0.0677. The molecule has 0 saturated heterocycles. The average Bonchev–Trinajstić information content (AvgIpc) is 3.36. The van der Waals surface area contributed by atoms with Crippen molar-refractivity contribution in [2.24, 2.45) is 124 Å². The monoisotopic (exact) mass is 1160 g/mol. The predicted octanol–water partition coefficient (Wildman–Crippen LogP) is -6.05. The molecule has 0 aromatic rings. The number of hydrogen-bond donors (Lipinski definition) is 0. The third-order valence-corrected chi connectivity index (χ3v) is 19.6. The van der Waals surface area contributed by atoms with Crippen LogP contribution in [-0.4, -0.2) is 377 Å². The van der Waals surface area contributed by atoms with E-state index >= 15 is 0 Å². The largest absolute Gasteiger partial charge is 0.108 e. The summed E-state index contributed by atoms with van der Waals surface area (Å²) in [5, 5.41) is 0. The summed E-state index contributed by atoms with van der Waals surface area (Å²) in [4.78, 5) is 0. The van der Waals surface area contributed by atoms with Crippen molar-refractivity contribution in [3.63, 3.8) is 0 Å². The molecule has 0 unspecified atom stereocenters. The van der Waals surface area contributed by atoms with Gasteiger partial charge in [-0.3, -0.25) is 0 Å². The van der Waals surface area contributed by atoms with Crippen LogP contribution < -0.4 is 0 Å². The van der Waals surface area contributed by atoms with Crippen molar-refractivity contribution in [2.75, 3.05) is 0 Å². The summed E-state index contributed by atoms with van der Waals surface area (Å²) in [6.45, 7) is 5.42. The maximum Gasteiger partial charge on any atom is 0.0578 e. The molecule has 0 aromatic carbocycles. The van der Waals surface area contributed by atoms with Crippen molar-refractivity contribution in [3.05, 3.63) is 0 Å². The first-order valence-corrected chi connectivity index (χ1v) is 31.7. The van der Waals surface area contributed by atoms with Crippen LogP contribution in [0.3, 0.4) is 0 Å². The second kappa shape index (κ2) is 48.5. The SMILES string of the molecule is [B]C([B])C(C([B])[B])C(C(C)C(C(C([B])[B])C([B])[B])C(C([B])[B])C([B])[B])C(C([B])[B])C([B])[B].[B]C([B])C(C([B])[B])C(C(C)C(C(C([B])[B])C([B])[B])C(C([B])[B])C([B])[B])C(C([B])[B])C([B])[B].[B]C([B])C(C([B])[B])C(C(C)C(C(C([B])[B])C([B])[B])C(C([B])[B])C([B])[B])C(C([B])[B])C([B])[B]. The minimum absolute atomic E-state index is 0.540. The smallest absolute Gasteiger partial charge is 0.0578 e. The van der Waals surface area contributed by atoms with Gasteiger partial charge >= 0.3 is 0 Å². The van der Waals surface area contributed by atoms with E-state index < -0.39 is 261 Å². The molecule has 48 heteroatoms. The zero-order valence-corrected chi connectivity index (χ0v) is 56.7. The van der Waals surface area contributed by atoms with Gasteiger partial charge in [-0.2, -0.15) is 0 Å². The molecule has 0 spiro atoms. The first-order valence-electron chi connectivity index (χ1n) is 31.7. The van der Waals surface area contributed by atoms with E-state index in [1.807, 2.05) is 0 Å². The average molecular weight is 1150 g/mol. The van der Waals surface area contributed by atoms with Gasteiger partial charge in [0.25, 0.3) is 0 Å². The maximum absolute atomic E-state index is 6.06. The van der Waals surface area contributed by atoms with E-state index in [-0.39, 0.29) is 0 Å². The molecule has 0 aliphatic rings. The second-order valence-electron chi connectivity index (χ2n) is 26.8. The van der Waals surface area contributed by atoms with Crippen molar-refractivity contribution in [2.45, 2.75) is 158 Å². The van der Waals surface area contributed by atoms with Gasteiger partial charge in [-0.05, 0) is 53.3 Å². The molecule has 0 fully saturated rings. The molecule has 96 heavy (non-hydrogen) atoms. The molecule has 0 amide bonds. The van der Waals surface area contributed by atoms with Crippen LogP contribution in [0.5, 0.6) is 0 Å². The topological polar surface area (TPSA) is 0 Å². The van der Waals surface area contributed by atoms with Crippen molar-refractivity contribution in [1.82, 2.24) is 0 Å². The van der Waals surface area contributed by atoms with Crippen LogP contribution in [0.2, 0.25) is 137 Å². The van der Waals surface area contributed by atoms with E-state index in [2.05, 4.69) is 0 Å². The van der Waals surface area contributed by atoms with Crippen LogP contribution >= 0.6 is 0 Å². The molecule has 0 aromatic heterocycles. The molecule has 0 aliphatic carbocycles. The lowest BCUT2D eigenvalue weighted by Crippen LogP contribution is -2.47. The molecule has 0 heterocycles. The maximum atomic E-state index is 6.06. The van der Waals surface area contributed by atoms with Crippen LogP contribution in [0.15, 0.2) is 0 Å². The lowest BCUT2D eigenvalue weighted by Gasteiger charge is -2.54. The highest BCUT2D eigenvalue weighted by atomic mass is 14.5. The van der Waals surface area contributed by atoms with Crippen molar-refractivity contribution >= 4 is 377 Å². The van der Waals surface area contributed by atoms with E-state index in [1.165, 1.54) is 0 Å². The third-order valence-electron chi connectivity index (χ3n) is 19.6. The van der Waals surface area contributed by atoms with E-state index in [9.17, 15) is 0 Å². The van der Waals surface area contributed by atoms with Gasteiger partial charge in [0.2, 0.25) is 0 Å². The Morgan fingerprint density at radius 3 is 0.156 bits per heavy atom. The molecule has 390 valence electrons. The van der Waals surface area contributed by atoms with Gasteiger partial charge < -0.3 is 0 Å². The van der Waals surface area contributed by atoms with Gasteiger partial charge in [-0.15, -0.1) is 137 Å². The van der Waals surface area contributed by atoms with Crippen LogP contribution in [0.25, 0.3) is 0 Å². The molecule has 0 saturated carbocycles. The van der Waals surface area contributed by atoms with Gasteiger partial charge in [-0.25, -0.2) is 0 Å². The summed E-state index contributed by atoms with van der Waals surface area (Å²) in [5.41, 5.74) is -23.8.